The first kappa shape index (κ1) is 12.4. The van der Waals surface area contributed by atoms with Crippen LogP contribution < -0.4 is 5.73 Å². The molecule has 0 amide bonds. The minimum Gasteiger partial charge on any atom is -0.506 e. The van der Waals surface area contributed by atoms with Gasteiger partial charge in [0.15, 0.2) is 0 Å². The lowest BCUT2D eigenvalue weighted by atomic mass is 9.99. The fraction of sp³-hybridized carbons (Fsp3) is 0.417. The summed E-state index contributed by atoms with van der Waals surface area (Å²) >= 11 is 3.15. The molecule has 1 aromatic rings. The smallest absolute Gasteiger partial charge is 0.335 e. The molecule has 1 atom stereocenters. The molecule has 1 aliphatic rings. The summed E-state index contributed by atoms with van der Waals surface area (Å²) in [7, 11) is 0. The zero-order chi connectivity index (χ0) is 12.6. The summed E-state index contributed by atoms with van der Waals surface area (Å²) in [5.41, 5.74) is 6.64. The molecule has 92 valence electrons. The summed E-state index contributed by atoms with van der Waals surface area (Å²) < 4.78 is 0.374. The number of nitrogens with two attached hydrogens (primary N) is 1. The first-order valence-electron chi connectivity index (χ1n) is 5.50. The molecule has 1 fully saturated rings. The first-order valence-corrected chi connectivity index (χ1v) is 6.29. The quantitative estimate of drug-likeness (QED) is 0.798. The lowest BCUT2D eigenvalue weighted by Gasteiger charge is -2.15. The summed E-state index contributed by atoms with van der Waals surface area (Å²) in [5, 5.41) is 18.8. The molecule has 0 aliphatic heterocycles. The third kappa shape index (κ3) is 2.79. The van der Waals surface area contributed by atoms with Crippen molar-refractivity contribution >= 4 is 21.9 Å². The van der Waals surface area contributed by atoms with E-state index in [1.54, 1.807) is 0 Å². The molecule has 0 heterocycles. The van der Waals surface area contributed by atoms with E-state index >= 15 is 0 Å². The Bertz CT molecular complexity index is 457. The molecule has 17 heavy (non-hydrogen) atoms. The molecule has 1 aliphatic carbocycles. The summed E-state index contributed by atoms with van der Waals surface area (Å²) in [5.74, 6) is -0.356. The largest absolute Gasteiger partial charge is 0.506 e. The van der Waals surface area contributed by atoms with Gasteiger partial charge in [0.2, 0.25) is 0 Å². The maximum atomic E-state index is 10.9. The highest BCUT2D eigenvalue weighted by molar-refractivity contribution is 9.10. The van der Waals surface area contributed by atoms with E-state index in [0.29, 0.717) is 16.0 Å². The van der Waals surface area contributed by atoms with Gasteiger partial charge in [0, 0.05) is 11.6 Å². The van der Waals surface area contributed by atoms with Gasteiger partial charge in [-0.05, 0) is 40.4 Å². The van der Waals surface area contributed by atoms with Gasteiger partial charge in [-0.3, -0.25) is 0 Å². The average molecular weight is 300 g/mol. The Labute approximate surface area is 108 Å². The van der Waals surface area contributed by atoms with Crippen LogP contribution in [0.5, 0.6) is 5.75 Å². The van der Waals surface area contributed by atoms with Crippen molar-refractivity contribution in [2.24, 2.45) is 11.7 Å². The summed E-state index contributed by atoms with van der Waals surface area (Å²) in [6.45, 7) is 0. The van der Waals surface area contributed by atoms with Crippen molar-refractivity contribution in [3.8, 4) is 5.75 Å². The monoisotopic (exact) mass is 299 g/mol. The number of carboxylic acid groups (broad SMARTS) is 1. The standard InChI is InChI=1S/C12H14BrNO3/c13-9-5-7(12(16)17)4-8(11(9)15)10(14)3-6-1-2-6/h4-6,10,15H,1-3,14H2,(H,16,17)/t10-/m0/s1. The maximum Gasteiger partial charge on any atom is 0.335 e. The van der Waals surface area contributed by atoms with E-state index in [4.69, 9.17) is 10.8 Å². The molecule has 0 spiro atoms. The molecule has 0 radical (unpaired) electrons. The van der Waals surface area contributed by atoms with Crippen molar-refractivity contribution in [1.82, 2.24) is 0 Å². The van der Waals surface area contributed by atoms with Crippen LogP contribution in [0.3, 0.4) is 0 Å². The number of aromatic carboxylic acids is 1. The van der Waals surface area contributed by atoms with Crippen LogP contribution in [0.25, 0.3) is 0 Å². The molecular formula is C12H14BrNO3. The van der Waals surface area contributed by atoms with Crippen LogP contribution in [-0.4, -0.2) is 16.2 Å². The third-order valence-corrected chi connectivity index (χ3v) is 3.63. The number of aromatic hydroxyl groups is 1. The minimum atomic E-state index is -1.02. The predicted molar refractivity (Wildman–Crippen MR) is 67.0 cm³/mol. The lowest BCUT2D eigenvalue weighted by molar-refractivity contribution is 0.0696. The summed E-state index contributed by atoms with van der Waals surface area (Å²) in [6.07, 6.45) is 3.14. The zero-order valence-electron chi connectivity index (χ0n) is 9.19. The van der Waals surface area contributed by atoms with Gasteiger partial charge >= 0.3 is 5.97 Å². The third-order valence-electron chi connectivity index (χ3n) is 3.02. The SMILES string of the molecule is N[C@@H](CC1CC1)c1cc(C(=O)O)cc(Br)c1O. The van der Waals surface area contributed by atoms with Gasteiger partial charge in [0.05, 0.1) is 10.0 Å². The van der Waals surface area contributed by atoms with E-state index in [9.17, 15) is 9.90 Å². The number of carbonyl (C=O) groups is 1. The van der Waals surface area contributed by atoms with Crippen LogP contribution in [-0.2, 0) is 0 Å². The average Bonchev–Trinajstić information content (AvgIpc) is 3.05. The van der Waals surface area contributed by atoms with Crippen molar-refractivity contribution in [1.29, 1.82) is 0 Å². The van der Waals surface area contributed by atoms with Gasteiger partial charge in [0.1, 0.15) is 5.75 Å². The van der Waals surface area contributed by atoms with Gasteiger partial charge in [0.25, 0.3) is 0 Å². The number of halogens is 1. The fourth-order valence-corrected chi connectivity index (χ4v) is 2.34. The highest BCUT2D eigenvalue weighted by Crippen LogP contribution is 2.40. The van der Waals surface area contributed by atoms with Gasteiger partial charge in [-0.1, -0.05) is 12.8 Å². The van der Waals surface area contributed by atoms with Gasteiger partial charge in [-0.15, -0.1) is 0 Å². The number of hydrogen-bond acceptors (Lipinski definition) is 3. The zero-order valence-corrected chi connectivity index (χ0v) is 10.8. The molecule has 0 aromatic heterocycles. The van der Waals surface area contributed by atoms with Gasteiger partial charge in [-0.2, -0.15) is 0 Å². The van der Waals surface area contributed by atoms with Crippen molar-refractivity contribution in [3.63, 3.8) is 0 Å². The molecule has 4 nitrogen and oxygen atoms in total. The number of benzene rings is 1. The minimum absolute atomic E-state index is 0.0446. The molecule has 0 saturated heterocycles. The molecule has 1 aromatic carbocycles. The number of hydrogen-bond donors (Lipinski definition) is 3. The summed E-state index contributed by atoms with van der Waals surface area (Å²) in [4.78, 5) is 10.9. The van der Waals surface area contributed by atoms with Gasteiger partial charge < -0.3 is 15.9 Å². The van der Waals surface area contributed by atoms with Crippen LogP contribution in [0.2, 0.25) is 0 Å². The second-order valence-corrected chi connectivity index (χ2v) is 5.34. The highest BCUT2D eigenvalue weighted by atomic mass is 79.9. The lowest BCUT2D eigenvalue weighted by Crippen LogP contribution is -2.12. The molecule has 1 saturated carbocycles. The van der Waals surface area contributed by atoms with Crippen molar-refractivity contribution < 1.29 is 15.0 Å². The molecular weight excluding hydrogens is 286 g/mol. The number of phenols is 1. The van der Waals surface area contributed by atoms with E-state index in [0.717, 1.165) is 6.42 Å². The Morgan fingerprint density at radius 1 is 1.53 bits per heavy atom. The topological polar surface area (TPSA) is 83.6 Å². The molecule has 0 bridgehead atoms. The van der Waals surface area contributed by atoms with Crippen LogP contribution >= 0.6 is 15.9 Å². The van der Waals surface area contributed by atoms with E-state index in [1.165, 1.54) is 25.0 Å². The van der Waals surface area contributed by atoms with Crippen LogP contribution in [0.4, 0.5) is 0 Å². The normalized spacial score (nSPS) is 16.8. The predicted octanol–water partition coefficient (Wildman–Crippen LogP) is 2.65. The second kappa shape index (κ2) is 4.66. The van der Waals surface area contributed by atoms with Crippen molar-refractivity contribution in [2.75, 3.05) is 0 Å². The Morgan fingerprint density at radius 2 is 2.18 bits per heavy atom. The van der Waals surface area contributed by atoms with Crippen molar-refractivity contribution in [2.45, 2.75) is 25.3 Å². The molecule has 5 heteroatoms. The van der Waals surface area contributed by atoms with Crippen LogP contribution in [0, 0.1) is 5.92 Å². The van der Waals surface area contributed by atoms with Crippen molar-refractivity contribution in [3.05, 3.63) is 27.7 Å². The first-order chi connectivity index (χ1) is 7.99. The van der Waals surface area contributed by atoms with E-state index < -0.39 is 5.97 Å². The van der Waals surface area contributed by atoms with E-state index in [-0.39, 0.29) is 17.4 Å². The number of phenolic OH excluding ortho intramolecular Hbond substituents is 1. The fourth-order valence-electron chi connectivity index (χ4n) is 1.87. The molecule has 0 unspecified atom stereocenters. The second-order valence-electron chi connectivity index (χ2n) is 4.49. The van der Waals surface area contributed by atoms with E-state index in [2.05, 4.69) is 15.9 Å². The van der Waals surface area contributed by atoms with E-state index in [1.807, 2.05) is 0 Å². The molecule has 2 rings (SSSR count). The Morgan fingerprint density at radius 3 is 2.71 bits per heavy atom. The summed E-state index contributed by atoms with van der Waals surface area (Å²) in [6, 6.07) is 2.53. The Hall–Kier alpha value is -1.07. The van der Waals surface area contributed by atoms with Crippen LogP contribution in [0.1, 0.15) is 41.2 Å². The Balaban J connectivity index is 2.32. The number of carboxylic acids is 1. The Kier molecular flexibility index (Phi) is 3.40. The molecule has 4 N–H and O–H groups in total. The van der Waals surface area contributed by atoms with Gasteiger partial charge in [-0.25, -0.2) is 4.79 Å². The number of rotatable bonds is 4. The van der Waals surface area contributed by atoms with Crippen LogP contribution in [0.15, 0.2) is 16.6 Å². The maximum absolute atomic E-state index is 10.9. The highest BCUT2D eigenvalue weighted by Gasteiger charge is 2.26.